The molecule has 1 amide bonds. The number of hydrogen-bond acceptors (Lipinski definition) is 1. The van der Waals surface area contributed by atoms with Crippen molar-refractivity contribution < 1.29 is 4.79 Å². The number of carbonyl (C=O) groups excluding carboxylic acids is 1. The molecule has 2 nitrogen and oxygen atoms in total. The summed E-state index contributed by atoms with van der Waals surface area (Å²) in [5.41, 5.74) is 2.50. The van der Waals surface area contributed by atoms with Crippen LogP contribution in [0.1, 0.15) is 30.4 Å². The zero-order valence-corrected chi connectivity index (χ0v) is 11.5. The molecule has 3 heteroatoms. The monoisotopic (exact) mass is 265 g/mol. The fourth-order valence-electron chi connectivity index (χ4n) is 2.06. The second kappa shape index (κ2) is 6.24. The molecule has 1 aromatic carbocycles. The van der Waals surface area contributed by atoms with E-state index in [4.69, 9.17) is 11.6 Å². The zero-order chi connectivity index (χ0) is 13.0. The van der Waals surface area contributed by atoms with E-state index in [9.17, 15) is 4.79 Å². The van der Waals surface area contributed by atoms with E-state index in [2.05, 4.69) is 24.4 Å². The number of hydrogen-bond donors (Lipinski definition) is 1. The highest BCUT2D eigenvalue weighted by atomic mass is 35.5. The first-order chi connectivity index (χ1) is 8.66. The van der Waals surface area contributed by atoms with Crippen molar-refractivity contribution in [1.82, 2.24) is 5.32 Å². The quantitative estimate of drug-likeness (QED) is 0.787. The van der Waals surface area contributed by atoms with Crippen LogP contribution >= 0.6 is 11.6 Å². The first-order valence-corrected chi connectivity index (χ1v) is 7.05. The van der Waals surface area contributed by atoms with E-state index in [0.717, 1.165) is 6.42 Å². The molecule has 18 heavy (non-hydrogen) atoms. The van der Waals surface area contributed by atoms with Gasteiger partial charge in [0.2, 0.25) is 5.91 Å². The van der Waals surface area contributed by atoms with Crippen LogP contribution in [0.3, 0.4) is 0 Å². The summed E-state index contributed by atoms with van der Waals surface area (Å²) in [6.45, 7) is 2.69. The first kappa shape index (κ1) is 13.4. The van der Waals surface area contributed by atoms with E-state index < -0.39 is 0 Å². The van der Waals surface area contributed by atoms with Gasteiger partial charge < -0.3 is 5.32 Å². The smallest absolute Gasteiger partial charge is 0.220 e. The van der Waals surface area contributed by atoms with E-state index in [1.165, 1.54) is 24.0 Å². The summed E-state index contributed by atoms with van der Waals surface area (Å²) >= 11 is 6.15. The normalized spacial score (nSPS) is 16.3. The van der Waals surface area contributed by atoms with Crippen LogP contribution in [0.4, 0.5) is 0 Å². The maximum Gasteiger partial charge on any atom is 0.220 e. The number of amides is 1. The summed E-state index contributed by atoms with van der Waals surface area (Å²) in [5.74, 6) is 0.730. The standard InChI is InChI=1S/C15H20ClNO/c1-11-4-2-3-5-12(11)8-9-15(18)17-10-14(16)13-6-7-13/h2-5,13-14H,6-10H2,1H3,(H,17,18). The predicted octanol–water partition coefficient (Wildman–Crippen LogP) is 3.06. The minimum atomic E-state index is 0.101. The number of aryl methyl sites for hydroxylation is 2. The molecule has 0 aliphatic heterocycles. The van der Waals surface area contributed by atoms with Crippen molar-refractivity contribution in [1.29, 1.82) is 0 Å². The minimum absolute atomic E-state index is 0.101. The molecule has 0 bridgehead atoms. The lowest BCUT2D eigenvalue weighted by atomic mass is 10.0. The van der Waals surface area contributed by atoms with Gasteiger partial charge in [0, 0.05) is 13.0 Å². The lowest BCUT2D eigenvalue weighted by molar-refractivity contribution is -0.121. The number of halogens is 1. The van der Waals surface area contributed by atoms with Gasteiger partial charge in [-0.05, 0) is 43.2 Å². The van der Waals surface area contributed by atoms with Gasteiger partial charge >= 0.3 is 0 Å². The molecular formula is C15H20ClNO. The molecule has 98 valence electrons. The van der Waals surface area contributed by atoms with Gasteiger partial charge in [-0.2, -0.15) is 0 Å². The summed E-state index contributed by atoms with van der Waals surface area (Å²) in [4.78, 5) is 11.7. The third kappa shape index (κ3) is 4.02. The van der Waals surface area contributed by atoms with Gasteiger partial charge in [0.15, 0.2) is 0 Å². The van der Waals surface area contributed by atoms with E-state index in [1.807, 2.05) is 12.1 Å². The van der Waals surface area contributed by atoms with E-state index in [0.29, 0.717) is 18.9 Å². The van der Waals surface area contributed by atoms with Gasteiger partial charge in [0.05, 0.1) is 5.38 Å². The Morgan fingerprint density at radius 2 is 2.17 bits per heavy atom. The lowest BCUT2D eigenvalue weighted by Crippen LogP contribution is -2.30. The highest BCUT2D eigenvalue weighted by molar-refractivity contribution is 6.21. The summed E-state index contributed by atoms with van der Waals surface area (Å²) in [6, 6.07) is 8.20. The Morgan fingerprint density at radius 1 is 1.44 bits per heavy atom. The number of nitrogens with one attached hydrogen (secondary N) is 1. The van der Waals surface area contributed by atoms with Gasteiger partial charge in [-0.15, -0.1) is 11.6 Å². The van der Waals surface area contributed by atoms with Gasteiger partial charge in [-0.3, -0.25) is 4.79 Å². The minimum Gasteiger partial charge on any atom is -0.355 e. The molecule has 1 aliphatic rings. The summed E-state index contributed by atoms with van der Waals surface area (Å²) in [5, 5.41) is 3.04. The largest absolute Gasteiger partial charge is 0.355 e. The zero-order valence-electron chi connectivity index (χ0n) is 10.8. The van der Waals surface area contributed by atoms with E-state index in [-0.39, 0.29) is 11.3 Å². The summed E-state index contributed by atoms with van der Waals surface area (Å²) in [7, 11) is 0. The maximum absolute atomic E-state index is 11.7. The van der Waals surface area contributed by atoms with Crippen molar-refractivity contribution in [3.05, 3.63) is 35.4 Å². The third-order valence-electron chi connectivity index (χ3n) is 3.51. The van der Waals surface area contributed by atoms with Crippen LogP contribution in [0.25, 0.3) is 0 Å². The van der Waals surface area contributed by atoms with Crippen LogP contribution in [0.15, 0.2) is 24.3 Å². The van der Waals surface area contributed by atoms with Gasteiger partial charge in [0.1, 0.15) is 0 Å². The molecule has 0 saturated heterocycles. The predicted molar refractivity (Wildman–Crippen MR) is 74.9 cm³/mol. The summed E-state index contributed by atoms with van der Waals surface area (Å²) in [6.07, 6.45) is 3.77. The second-order valence-electron chi connectivity index (χ2n) is 5.08. The Kier molecular flexibility index (Phi) is 4.65. The van der Waals surface area contributed by atoms with Crippen molar-refractivity contribution in [2.24, 2.45) is 5.92 Å². The fourth-order valence-corrected chi connectivity index (χ4v) is 2.39. The fraction of sp³-hybridized carbons (Fsp3) is 0.533. The average Bonchev–Trinajstić information content (AvgIpc) is 3.19. The van der Waals surface area contributed by atoms with Gasteiger partial charge in [0.25, 0.3) is 0 Å². The van der Waals surface area contributed by atoms with E-state index >= 15 is 0 Å². The Hall–Kier alpha value is -1.02. The molecule has 1 aliphatic carbocycles. The molecule has 0 heterocycles. The van der Waals surface area contributed by atoms with Gasteiger partial charge in [-0.1, -0.05) is 24.3 Å². The van der Waals surface area contributed by atoms with Crippen LogP contribution in [-0.4, -0.2) is 17.8 Å². The van der Waals surface area contributed by atoms with Crippen molar-refractivity contribution in [3.63, 3.8) is 0 Å². The van der Waals surface area contributed by atoms with E-state index in [1.54, 1.807) is 0 Å². The average molecular weight is 266 g/mol. The Morgan fingerprint density at radius 3 is 2.83 bits per heavy atom. The molecular weight excluding hydrogens is 246 g/mol. The summed E-state index contributed by atoms with van der Waals surface area (Å²) < 4.78 is 0. The number of benzene rings is 1. The van der Waals surface area contributed by atoms with Crippen LogP contribution in [0.2, 0.25) is 0 Å². The first-order valence-electron chi connectivity index (χ1n) is 6.62. The SMILES string of the molecule is Cc1ccccc1CCC(=O)NCC(Cl)C1CC1. The molecule has 1 unspecified atom stereocenters. The van der Waals surface area contributed by atoms with Crippen LogP contribution in [0.5, 0.6) is 0 Å². The van der Waals surface area contributed by atoms with Crippen LogP contribution < -0.4 is 5.32 Å². The van der Waals surface area contributed by atoms with Crippen molar-refractivity contribution >= 4 is 17.5 Å². The Labute approximate surface area is 114 Å². The number of alkyl halides is 1. The Balaban J connectivity index is 1.69. The van der Waals surface area contributed by atoms with Gasteiger partial charge in [-0.25, -0.2) is 0 Å². The molecule has 1 aromatic rings. The highest BCUT2D eigenvalue weighted by Gasteiger charge is 2.29. The topological polar surface area (TPSA) is 29.1 Å². The molecule has 0 spiro atoms. The third-order valence-corrected chi connectivity index (χ3v) is 4.02. The molecule has 1 fully saturated rings. The Bertz CT molecular complexity index is 415. The number of rotatable bonds is 6. The highest BCUT2D eigenvalue weighted by Crippen LogP contribution is 2.35. The molecule has 1 N–H and O–H groups in total. The van der Waals surface area contributed by atoms with Crippen molar-refractivity contribution in [2.75, 3.05) is 6.54 Å². The molecule has 1 atom stereocenters. The maximum atomic E-state index is 11.7. The van der Waals surface area contributed by atoms with Crippen molar-refractivity contribution in [2.45, 2.75) is 38.0 Å². The number of carbonyl (C=O) groups is 1. The lowest BCUT2D eigenvalue weighted by Gasteiger charge is -2.10. The molecule has 1 saturated carbocycles. The van der Waals surface area contributed by atoms with Crippen LogP contribution in [0, 0.1) is 12.8 Å². The molecule has 0 aromatic heterocycles. The second-order valence-corrected chi connectivity index (χ2v) is 5.64. The van der Waals surface area contributed by atoms with Crippen molar-refractivity contribution in [3.8, 4) is 0 Å². The van der Waals surface area contributed by atoms with Crippen LogP contribution in [-0.2, 0) is 11.2 Å². The molecule has 2 rings (SSSR count). The molecule has 0 radical (unpaired) electrons.